The third-order valence-corrected chi connectivity index (χ3v) is 3.93. The number of hydrogen-bond donors (Lipinski definition) is 0. The van der Waals surface area contributed by atoms with Crippen LogP contribution >= 0.6 is 0 Å². The minimum absolute atomic E-state index is 0.0197. The van der Waals surface area contributed by atoms with E-state index in [4.69, 9.17) is 4.74 Å². The van der Waals surface area contributed by atoms with Gasteiger partial charge >= 0.3 is 5.69 Å². The van der Waals surface area contributed by atoms with E-state index in [1.807, 2.05) is 54.3 Å². The summed E-state index contributed by atoms with van der Waals surface area (Å²) in [7, 11) is 0. The van der Waals surface area contributed by atoms with Crippen molar-refractivity contribution in [1.29, 1.82) is 0 Å². The second-order valence-electron chi connectivity index (χ2n) is 6.02. The smallest absolute Gasteiger partial charge is 0.373 e. The number of nitrogens with zero attached hydrogens (tertiary/aromatic N) is 4. The molecular formula is C19H20N4O3. The fourth-order valence-corrected chi connectivity index (χ4v) is 2.90. The highest BCUT2D eigenvalue weighted by molar-refractivity contribution is 5.96. The molecule has 0 amide bonds. The lowest BCUT2D eigenvalue weighted by molar-refractivity contribution is -0.385. The second-order valence-corrected chi connectivity index (χ2v) is 6.02. The van der Waals surface area contributed by atoms with E-state index < -0.39 is 4.92 Å². The van der Waals surface area contributed by atoms with Crippen LogP contribution in [0.25, 0.3) is 10.8 Å². The molecule has 3 rings (SSSR count). The van der Waals surface area contributed by atoms with E-state index in [0.717, 1.165) is 16.5 Å². The van der Waals surface area contributed by atoms with E-state index in [0.29, 0.717) is 6.54 Å². The van der Waals surface area contributed by atoms with E-state index in [2.05, 4.69) is 9.97 Å². The summed E-state index contributed by atoms with van der Waals surface area (Å²) in [6.45, 7) is 6.03. The van der Waals surface area contributed by atoms with Crippen molar-refractivity contribution in [2.24, 2.45) is 0 Å². The predicted molar refractivity (Wildman–Crippen MR) is 101 cm³/mol. The van der Waals surface area contributed by atoms with Gasteiger partial charge in [-0.05, 0) is 32.2 Å². The summed E-state index contributed by atoms with van der Waals surface area (Å²) in [6, 6.07) is 13.8. The van der Waals surface area contributed by atoms with Gasteiger partial charge in [-0.15, -0.1) is 0 Å². The molecule has 1 aromatic heterocycles. The van der Waals surface area contributed by atoms with Crippen molar-refractivity contribution in [1.82, 2.24) is 9.97 Å². The maximum absolute atomic E-state index is 11.8. The zero-order valence-electron chi connectivity index (χ0n) is 14.9. The average Bonchev–Trinajstić information content (AvgIpc) is 2.62. The Bertz CT molecular complexity index is 938. The van der Waals surface area contributed by atoms with E-state index >= 15 is 0 Å². The molecule has 0 fully saturated rings. The molecule has 1 heterocycles. The van der Waals surface area contributed by atoms with E-state index in [9.17, 15) is 10.1 Å². The van der Waals surface area contributed by atoms with Crippen molar-refractivity contribution in [3.05, 3.63) is 58.9 Å². The van der Waals surface area contributed by atoms with Gasteiger partial charge in [0.25, 0.3) is 5.88 Å². The lowest BCUT2D eigenvalue weighted by Crippen LogP contribution is -2.20. The fourth-order valence-electron chi connectivity index (χ4n) is 2.90. The molecule has 3 aromatic rings. The standard InChI is InChI=1S/C19H20N4O3/c1-4-22(16-11-7-9-14-8-5-6-10-15(14)16)18-17(23(24)25)19(21-12-20-18)26-13(2)3/h5-13H,4H2,1-3H3. The molecule has 0 aliphatic heterocycles. The van der Waals surface area contributed by atoms with Crippen LogP contribution in [0.15, 0.2) is 48.8 Å². The summed E-state index contributed by atoms with van der Waals surface area (Å²) >= 11 is 0. The van der Waals surface area contributed by atoms with Crippen LogP contribution in [0.5, 0.6) is 5.88 Å². The van der Waals surface area contributed by atoms with Gasteiger partial charge in [-0.3, -0.25) is 10.1 Å². The molecule has 7 heteroatoms. The molecule has 0 saturated carbocycles. The third-order valence-electron chi connectivity index (χ3n) is 3.93. The van der Waals surface area contributed by atoms with Crippen molar-refractivity contribution in [2.45, 2.75) is 26.9 Å². The van der Waals surface area contributed by atoms with Crippen LogP contribution in [-0.2, 0) is 0 Å². The van der Waals surface area contributed by atoms with Crippen molar-refractivity contribution in [3.63, 3.8) is 0 Å². The molecule has 134 valence electrons. The number of aromatic nitrogens is 2. The monoisotopic (exact) mass is 352 g/mol. The molecule has 0 aliphatic rings. The molecule has 0 radical (unpaired) electrons. The second kappa shape index (κ2) is 7.35. The molecule has 26 heavy (non-hydrogen) atoms. The summed E-state index contributed by atoms with van der Waals surface area (Å²) in [5.74, 6) is 0.202. The van der Waals surface area contributed by atoms with Gasteiger partial charge in [0.05, 0.1) is 16.7 Å². The van der Waals surface area contributed by atoms with Crippen LogP contribution in [0.2, 0.25) is 0 Å². The minimum atomic E-state index is -0.485. The van der Waals surface area contributed by atoms with Crippen LogP contribution < -0.4 is 9.64 Å². The fraction of sp³-hybridized carbons (Fsp3) is 0.263. The first-order chi connectivity index (χ1) is 12.5. The van der Waals surface area contributed by atoms with Crippen LogP contribution in [0.1, 0.15) is 20.8 Å². The predicted octanol–water partition coefficient (Wildman–Crippen LogP) is 4.48. The maximum Gasteiger partial charge on any atom is 0.373 e. The topological polar surface area (TPSA) is 81.4 Å². The van der Waals surface area contributed by atoms with E-state index in [-0.39, 0.29) is 23.5 Å². The molecule has 0 saturated heterocycles. The Labute approximate surface area is 151 Å². The van der Waals surface area contributed by atoms with Crippen molar-refractivity contribution >= 4 is 28.0 Å². The van der Waals surface area contributed by atoms with Gasteiger partial charge < -0.3 is 9.64 Å². The molecule has 0 spiro atoms. The number of ether oxygens (including phenoxy) is 1. The van der Waals surface area contributed by atoms with Gasteiger partial charge in [0, 0.05) is 11.9 Å². The molecule has 0 aliphatic carbocycles. The molecule has 7 nitrogen and oxygen atoms in total. The molecule has 0 atom stereocenters. The Hall–Kier alpha value is -3.22. The van der Waals surface area contributed by atoms with E-state index in [1.165, 1.54) is 6.33 Å². The van der Waals surface area contributed by atoms with Gasteiger partial charge in [0.2, 0.25) is 5.82 Å². The van der Waals surface area contributed by atoms with E-state index in [1.54, 1.807) is 13.8 Å². The normalized spacial score (nSPS) is 10.9. The third kappa shape index (κ3) is 3.28. The highest BCUT2D eigenvalue weighted by atomic mass is 16.6. The van der Waals surface area contributed by atoms with Gasteiger partial charge in [-0.1, -0.05) is 36.4 Å². The van der Waals surface area contributed by atoms with Crippen LogP contribution in [0.4, 0.5) is 17.2 Å². The lowest BCUT2D eigenvalue weighted by Gasteiger charge is -2.24. The Kier molecular flexibility index (Phi) is 4.97. The highest BCUT2D eigenvalue weighted by Crippen LogP contribution is 2.39. The summed E-state index contributed by atoms with van der Waals surface area (Å²) < 4.78 is 5.55. The Balaban J connectivity index is 2.21. The van der Waals surface area contributed by atoms with Crippen molar-refractivity contribution < 1.29 is 9.66 Å². The Morgan fingerprint density at radius 3 is 2.58 bits per heavy atom. The van der Waals surface area contributed by atoms with Gasteiger partial charge in [-0.25, -0.2) is 4.98 Å². The van der Waals surface area contributed by atoms with Crippen molar-refractivity contribution in [2.75, 3.05) is 11.4 Å². The molecular weight excluding hydrogens is 332 g/mol. The minimum Gasteiger partial charge on any atom is -0.470 e. The molecule has 0 unspecified atom stereocenters. The van der Waals surface area contributed by atoms with Crippen LogP contribution in [0.3, 0.4) is 0 Å². The van der Waals surface area contributed by atoms with Crippen LogP contribution in [-0.4, -0.2) is 27.5 Å². The average molecular weight is 352 g/mol. The largest absolute Gasteiger partial charge is 0.470 e. The quantitative estimate of drug-likeness (QED) is 0.480. The summed E-state index contributed by atoms with van der Waals surface area (Å²) in [6.07, 6.45) is 1.07. The number of anilines is 2. The molecule has 0 bridgehead atoms. The van der Waals surface area contributed by atoms with Crippen LogP contribution in [0, 0.1) is 10.1 Å². The summed E-state index contributed by atoms with van der Waals surface area (Å²) in [5.41, 5.74) is 0.624. The van der Waals surface area contributed by atoms with Crippen molar-refractivity contribution in [3.8, 4) is 5.88 Å². The number of fused-ring (bicyclic) bond motifs is 1. The number of hydrogen-bond acceptors (Lipinski definition) is 6. The first kappa shape index (κ1) is 17.6. The Morgan fingerprint density at radius 2 is 1.88 bits per heavy atom. The zero-order chi connectivity index (χ0) is 18.7. The summed E-state index contributed by atoms with van der Waals surface area (Å²) in [5, 5.41) is 13.8. The maximum atomic E-state index is 11.8. The van der Waals surface area contributed by atoms with Gasteiger partial charge in [-0.2, -0.15) is 4.98 Å². The first-order valence-electron chi connectivity index (χ1n) is 8.44. The summed E-state index contributed by atoms with van der Waals surface area (Å²) in [4.78, 5) is 21.3. The number of rotatable bonds is 6. The zero-order valence-corrected chi connectivity index (χ0v) is 14.9. The SMILES string of the molecule is CCN(c1ncnc(OC(C)C)c1[N+](=O)[O-])c1cccc2ccccc12. The number of benzene rings is 2. The first-order valence-corrected chi connectivity index (χ1v) is 8.44. The van der Waals surface area contributed by atoms with Gasteiger partial charge in [0.15, 0.2) is 0 Å². The highest BCUT2D eigenvalue weighted by Gasteiger charge is 2.29. The number of nitro groups is 1. The van der Waals surface area contributed by atoms with Gasteiger partial charge in [0.1, 0.15) is 6.33 Å². The Morgan fingerprint density at radius 1 is 1.15 bits per heavy atom. The lowest BCUT2D eigenvalue weighted by atomic mass is 10.1. The molecule has 0 N–H and O–H groups in total. The molecule has 2 aromatic carbocycles.